The lowest BCUT2D eigenvalue weighted by molar-refractivity contribution is 0.166. The van der Waals surface area contributed by atoms with Crippen molar-refractivity contribution in [1.82, 2.24) is 24.7 Å². The van der Waals surface area contributed by atoms with E-state index in [1.54, 1.807) is 0 Å². The van der Waals surface area contributed by atoms with E-state index in [2.05, 4.69) is 38.6 Å². The van der Waals surface area contributed by atoms with Crippen LogP contribution in [0.5, 0.6) is 0 Å². The summed E-state index contributed by atoms with van der Waals surface area (Å²) in [5, 5.41) is 4.19. The third kappa shape index (κ3) is 6.01. The van der Waals surface area contributed by atoms with Crippen LogP contribution < -0.4 is 5.32 Å². The van der Waals surface area contributed by atoms with E-state index in [1.807, 2.05) is 33.2 Å². The predicted molar refractivity (Wildman–Crippen MR) is 122 cm³/mol. The summed E-state index contributed by atoms with van der Waals surface area (Å²) in [6.07, 6.45) is 4.24. The van der Waals surface area contributed by atoms with Gasteiger partial charge in [-0.05, 0) is 58.7 Å². The second-order valence-corrected chi connectivity index (χ2v) is 8.72. The number of oxazole rings is 1. The predicted octanol–water partition coefficient (Wildman–Crippen LogP) is 3.59. The van der Waals surface area contributed by atoms with Gasteiger partial charge in [-0.1, -0.05) is 11.6 Å². The minimum Gasteiger partial charge on any atom is -0.444 e. The zero-order valence-corrected chi connectivity index (χ0v) is 19.7. The highest BCUT2D eigenvalue weighted by Crippen LogP contribution is 2.20. The number of hydrogen-bond donors (Lipinski definition) is 1. The van der Waals surface area contributed by atoms with Gasteiger partial charge in [0.05, 0.1) is 23.8 Å². The Morgan fingerprint density at radius 2 is 2.10 bits per heavy atom. The summed E-state index contributed by atoms with van der Waals surface area (Å²) in [7, 11) is 4.10. The molecule has 0 aromatic carbocycles. The zero-order valence-electron chi connectivity index (χ0n) is 18.9. The summed E-state index contributed by atoms with van der Waals surface area (Å²) in [6.45, 7) is 11.5. The van der Waals surface area contributed by atoms with Crippen molar-refractivity contribution in [3.63, 3.8) is 0 Å². The highest BCUT2D eigenvalue weighted by atomic mass is 35.5. The van der Waals surface area contributed by atoms with E-state index in [9.17, 15) is 0 Å². The van der Waals surface area contributed by atoms with Crippen molar-refractivity contribution in [3.8, 4) is 0 Å². The van der Waals surface area contributed by atoms with Crippen molar-refractivity contribution >= 4 is 17.6 Å². The SMILES string of the molecule is CCNC(=NCC1CCN(Cc2nc(C)c(C)o2)CC1)N(C)Cc1cc(Cl)cn1C. The number of aryl methyl sites for hydroxylation is 3. The Kier molecular flexibility index (Phi) is 7.83. The smallest absolute Gasteiger partial charge is 0.208 e. The summed E-state index contributed by atoms with van der Waals surface area (Å²) in [5.41, 5.74) is 2.16. The lowest BCUT2D eigenvalue weighted by Crippen LogP contribution is -2.40. The van der Waals surface area contributed by atoms with E-state index in [-0.39, 0.29) is 0 Å². The molecule has 0 amide bonds. The van der Waals surface area contributed by atoms with Gasteiger partial charge in [0.2, 0.25) is 5.89 Å². The fourth-order valence-electron chi connectivity index (χ4n) is 3.85. The molecule has 0 unspecified atom stereocenters. The van der Waals surface area contributed by atoms with E-state index < -0.39 is 0 Å². The van der Waals surface area contributed by atoms with Gasteiger partial charge in [-0.2, -0.15) is 0 Å². The third-order valence-corrected chi connectivity index (χ3v) is 6.01. The molecule has 7 nitrogen and oxygen atoms in total. The average Bonchev–Trinajstić information content (AvgIpc) is 3.19. The van der Waals surface area contributed by atoms with E-state index in [4.69, 9.17) is 21.0 Å². The van der Waals surface area contributed by atoms with Crippen molar-refractivity contribution in [3.05, 3.63) is 40.3 Å². The zero-order chi connectivity index (χ0) is 21.7. The molecule has 0 atom stereocenters. The Morgan fingerprint density at radius 1 is 1.37 bits per heavy atom. The number of piperidine rings is 1. The Bertz CT molecular complexity index is 830. The second-order valence-electron chi connectivity index (χ2n) is 8.28. The molecular formula is C22H35ClN6O. The highest BCUT2D eigenvalue weighted by Gasteiger charge is 2.21. The van der Waals surface area contributed by atoms with Gasteiger partial charge in [-0.15, -0.1) is 0 Å². The Labute approximate surface area is 185 Å². The molecule has 1 saturated heterocycles. The van der Waals surface area contributed by atoms with Crippen LogP contribution in [-0.4, -0.2) is 58.5 Å². The molecule has 1 fully saturated rings. The highest BCUT2D eigenvalue weighted by molar-refractivity contribution is 6.30. The van der Waals surface area contributed by atoms with Gasteiger partial charge >= 0.3 is 0 Å². The molecule has 0 spiro atoms. The first kappa shape index (κ1) is 22.7. The molecule has 3 heterocycles. The summed E-state index contributed by atoms with van der Waals surface area (Å²) in [6, 6.07) is 2.01. The van der Waals surface area contributed by atoms with Crippen LogP contribution >= 0.6 is 11.6 Å². The molecule has 1 aliphatic heterocycles. The van der Waals surface area contributed by atoms with Gasteiger partial charge in [-0.3, -0.25) is 9.89 Å². The molecule has 2 aromatic rings. The number of nitrogens with one attached hydrogen (secondary N) is 1. The first-order valence-electron chi connectivity index (χ1n) is 10.8. The molecule has 0 bridgehead atoms. The van der Waals surface area contributed by atoms with Gasteiger partial charge in [0.1, 0.15) is 5.76 Å². The maximum atomic E-state index is 6.13. The molecule has 2 aromatic heterocycles. The molecule has 166 valence electrons. The fraction of sp³-hybridized carbons (Fsp3) is 0.636. The van der Waals surface area contributed by atoms with Crippen molar-refractivity contribution in [2.24, 2.45) is 18.0 Å². The van der Waals surface area contributed by atoms with Crippen LogP contribution in [0.4, 0.5) is 0 Å². The molecule has 0 radical (unpaired) electrons. The molecule has 8 heteroatoms. The van der Waals surface area contributed by atoms with Crippen molar-refractivity contribution in [1.29, 1.82) is 0 Å². The van der Waals surface area contributed by atoms with Gasteiger partial charge in [-0.25, -0.2) is 4.98 Å². The Morgan fingerprint density at radius 3 is 2.67 bits per heavy atom. The van der Waals surface area contributed by atoms with Crippen LogP contribution in [0.25, 0.3) is 0 Å². The Hall–Kier alpha value is -1.99. The number of aromatic nitrogens is 2. The fourth-order valence-corrected chi connectivity index (χ4v) is 4.12. The van der Waals surface area contributed by atoms with Gasteiger partial charge in [0, 0.05) is 39.1 Å². The van der Waals surface area contributed by atoms with Gasteiger partial charge < -0.3 is 19.2 Å². The van der Waals surface area contributed by atoms with Crippen LogP contribution in [0.1, 0.15) is 42.8 Å². The van der Waals surface area contributed by atoms with Crippen LogP contribution in [-0.2, 0) is 20.1 Å². The maximum Gasteiger partial charge on any atom is 0.208 e. The summed E-state index contributed by atoms with van der Waals surface area (Å²) < 4.78 is 7.80. The average molecular weight is 435 g/mol. The maximum absolute atomic E-state index is 6.13. The topological polar surface area (TPSA) is 61.8 Å². The summed E-state index contributed by atoms with van der Waals surface area (Å²) in [5.74, 6) is 3.31. The first-order valence-corrected chi connectivity index (χ1v) is 11.2. The van der Waals surface area contributed by atoms with E-state index in [0.717, 1.165) is 80.4 Å². The molecule has 1 aliphatic rings. The van der Waals surface area contributed by atoms with Crippen molar-refractivity contribution in [2.75, 3.05) is 33.2 Å². The van der Waals surface area contributed by atoms with Crippen LogP contribution in [0.2, 0.25) is 5.02 Å². The Balaban J connectivity index is 1.50. The standard InChI is InChI=1S/C22H35ClN6O/c1-6-24-22(28(5)14-20-11-19(23)13-27(20)4)25-12-18-7-9-29(10-8-18)15-21-26-16(2)17(3)30-21/h11,13,18H,6-10,12,14-15H2,1-5H3,(H,24,25). The molecule has 1 N–H and O–H groups in total. The largest absolute Gasteiger partial charge is 0.444 e. The lowest BCUT2D eigenvalue weighted by atomic mass is 9.97. The monoisotopic (exact) mass is 434 g/mol. The van der Waals surface area contributed by atoms with E-state index in [0.29, 0.717) is 5.92 Å². The molecule has 30 heavy (non-hydrogen) atoms. The van der Waals surface area contributed by atoms with Crippen LogP contribution in [0.15, 0.2) is 21.7 Å². The normalized spacial score (nSPS) is 16.3. The quantitative estimate of drug-likeness (QED) is 0.533. The number of halogens is 1. The lowest BCUT2D eigenvalue weighted by Gasteiger charge is -2.30. The minimum atomic E-state index is 0.612. The van der Waals surface area contributed by atoms with Gasteiger partial charge in [0.15, 0.2) is 5.96 Å². The van der Waals surface area contributed by atoms with E-state index in [1.165, 1.54) is 5.69 Å². The number of guanidine groups is 1. The molecule has 0 aliphatic carbocycles. The molecular weight excluding hydrogens is 400 g/mol. The van der Waals surface area contributed by atoms with Crippen LogP contribution in [0, 0.1) is 19.8 Å². The first-order chi connectivity index (χ1) is 14.4. The number of hydrogen-bond acceptors (Lipinski definition) is 4. The molecule has 3 rings (SSSR count). The summed E-state index contributed by atoms with van der Waals surface area (Å²) >= 11 is 6.13. The third-order valence-electron chi connectivity index (χ3n) is 5.81. The number of rotatable bonds is 7. The van der Waals surface area contributed by atoms with Gasteiger partial charge in [0.25, 0.3) is 0 Å². The van der Waals surface area contributed by atoms with Crippen molar-refractivity contribution in [2.45, 2.75) is 46.7 Å². The minimum absolute atomic E-state index is 0.612. The summed E-state index contributed by atoms with van der Waals surface area (Å²) in [4.78, 5) is 14.0. The van der Waals surface area contributed by atoms with E-state index >= 15 is 0 Å². The molecule has 0 saturated carbocycles. The second kappa shape index (κ2) is 10.4. The number of likely N-dealkylation sites (tertiary alicyclic amines) is 1. The van der Waals surface area contributed by atoms with Crippen LogP contribution in [0.3, 0.4) is 0 Å². The number of aliphatic imine (C=N–C) groups is 1. The number of nitrogens with zero attached hydrogens (tertiary/aromatic N) is 5. The van der Waals surface area contributed by atoms with Crippen molar-refractivity contribution < 1.29 is 4.42 Å².